The third-order valence-electron chi connectivity index (χ3n) is 3.70. The second-order valence-electron chi connectivity index (χ2n) is 5.34. The van der Waals surface area contributed by atoms with Gasteiger partial charge in [0.25, 0.3) is 0 Å². The highest BCUT2D eigenvalue weighted by Gasteiger charge is 2.23. The number of hydrogen-bond donors (Lipinski definition) is 2. The van der Waals surface area contributed by atoms with Crippen molar-refractivity contribution in [1.29, 1.82) is 0 Å². The zero-order valence-electron chi connectivity index (χ0n) is 12.8. The Bertz CT molecular complexity index is 812. The van der Waals surface area contributed by atoms with Crippen LogP contribution in [-0.2, 0) is 4.79 Å². The highest BCUT2D eigenvalue weighted by molar-refractivity contribution is 5.86. The van der Waals surface area contributed by atoms with Crippen molar-refractivity contribution in [2.45, 2.75) is 25.8 Å². The summed E-state index contributed by atoms with van der Waals surface area (Å²) in [5.41, 5.74) is 1.07. The quantitative estimate of drug-likeness (QED) is 0.756. The minimum Gasteiger partial charge on any atom is -0.505 e. The van der Waals surface area contributed by atoms with E-state index in [2.05, 4.69) is 10.3 Å². The van der Waals surface area contributed by atoms with Crippen LogP contribution >= 0.6 is 0 Å². The summed E-state index contributed by atoms with van der Waals surface area (Å²) >= 11 is 0. The number of nitrogens with one attached hydrogen (secondary N) is 1. The van der Waals surface area contributed by atoms with Crippen molar-refractivity contribution in [1.82, 2.24) is 10.3 Å². The van der Waals surface area contributed by atoms with Crippen LogP contribution in [0.4, 0.5) is 0 Å². The van der Waals surface area contributed by atoms with E-state index in [4.69, 9.17) is 4.42 Å². The molecule has 0 aliphatic rings. The number of phenolic OH excluding ortho intramolecular Hbond substituents is 1. The summed E-state index contributed by atoms with van der Waals surface area (Å²) in [5.74, 6) is 0.538. The van der Waals surface area contributed by atoms with Crippen LogP contribution in [0, 0.1) is 0 Å². The second kappa shape index (κ2) is 6.52. The normalized spacial score (nSPS) is 12.2. The maximum atomic E-state index is 12.0. The lowest BCUT2D eigenvalue weighted by Gasteiger charge is -2.19. The van der Waals surface area contributed by atoms with Crippen LogP contribution in [0.3, 0.4) is 0 Å². The number of rotatable bonds is 5. The van der Waals surface area contributed by atoms with E-state index in [0.717, 1.165) is 11.8 Å². The lowest BCUT2D eigenvalue weighted by molar-refractivity contribution is -0.121. The van der Waals surface area contributed by atoms with E-state index in [-0.39, 0.29) is 11.7 Å². The maximum Gasteiger partial charge on any atom is 0.220 e. The van der Waals surface area contributed by atoms with E-state index in [1.807, 2.05) is 25.1 Å². The molecule has 118 valence electrons. The van der Waals surface area contributed by atoms with E-state index >= 15 is 0 Å². The topological polar surface area (TPSA) is 75.4 Å². The van der Waals surface area contributed by atoms with Crippen LogP contribution in [0.2, 0.25) is 0 Å². The maximum absolute atomic E-state index is 12.0. The number of furan rings is 1. The zero-order chi connectivity index (χ0) is 16.2. The number of benzene rings is 1. The minimum absolute atomic E-state index is 0.0568. The highest BCUT2D eigenvalue weighted by Crippen LogP contribution is 2.34. The van der Waals surface area contributed by atoms with E-state index in [1.54, 1.807) is 30.7 Å². The van der Waals surface area contributed by atoms with Gasteiger partial charge in [-0.3, -0.25) is 9.78 Å². The minimum atomic E-state index is -0.546. The van der Waals surface area contributed by atoms with Crippen molar-refractivity contribution in [2.75, 3.05) is 0 Å². The van der Waals surface area contributed by atoms with Crippen LogP contribution in [0.25, 0.3) is 10.9 Å². The molecule has 0 radical (unpaired) electrons. The van der Waals surface area contributed by atoms with Gasteiger partial charge in [0.05, 0.1) is 6.26 Å². The number of pyridine rings is 1. The Kier molecular flexibility index (Phi) is 4.28. The number of carbonyl (C=O) groups is 1. The van der Waals surface area contributed by atoms with E-state index in [0.29, 0.717) is 23.3 Å². The van der Waals surface area contributed by atoms with Gasteiger partial charge < -0.3 is 14.8 Å². The molecule has 1 aromatic carbocycles. The largest absolute Gasteiger partial charge is 0.505 e. The van der Waals surface area contributed by atoms with E-state index < -0.39 is 6.04 Å². The van der Waals surface area contributed by atoms with Crippen molar-refractivity contribution in [3.63, 3.8) is 0 Å². The fourth-order valence-electron chi connectivity index (χ4n) is 2.60. The first kappa shape index (κ1) is 15.1. The van der Waals surface area contributed by atoms with Gasteiger partial charge in [-0.25, -0.2) is 0 Å². The molecule has 0 saturated heterocycles. The van der Waals surface area contributed by atoms with Crippen LogP contribution in [-0.4, -0.2) is 16.0 Å². The molecule has 5 heteroatoms. The zero-order valence-corrected chi connectivity index (χ0v) is 12.8. The summed E-state index contributed by atoms with van der Waals surface area (Å²) in [6.07, 6.45) is 4.35. The molecule has 3 aromatic rings. The molecule has 3 rings (SSSR count). The Morgan fingerprint density at radius 3 is 2.91 bits per heavy atom. The van der Waals surface area contributed by atoms with Crippen LogP contribution in [0.15, 0.2) is 53.3 Å². The molecule has 0 bridgehead atoms. The molecule has 0 unspecified atom stereocenters. The SMILES string of the molecule is CCCC(=O)N[C@H](c1ccco1)c1ccc2cccnc2c1O. The number of carbonyl (C=O) groups excluding carboxylic acids is 1. The molecule has 2 heterocycles. The van der Waals surface area contributed by atoms with E-state index in [1.165, 1.54) is 0 Å². The van der Waals surface area contributed by atoms with Gasteiger partial charge in [0.2, 0.25) is 5.91 Å². The number of phenols is 1. The highest BCUT2D eigenvalue weighted by atomic mass is 16.3. The van der Waals surface area contributed by atoms with Gasteiger partial charge in [-0.15, -0.1) is 0 Å². The number of amides is 1. The monoisotopic (exact) mass is 310 g/mol. The summed E-state index contributed by atoms with van der Waals surface area (Å²) in [6.45, 7) is 1.94. The Morgan fingerprint density at radius 2 is 2.17 bits per heavy atom. The third-order valence-corrected chi connectivity index (χ3v) is 3.70. The smallest absolute Gasteiger partial charge is 0.220 e. The molecular formula is C18H18N2O3. The predicted octanol–water partition coefficient (Wildman–Crippen LogP) is 3.54. The van der Waals surface area contributed by atoms with Gasteiger partial charge in [0, 0.05) is 23.6 Å². The van der Waals surface area contributed by atoms with Crippen LogP contribution in [0.1, 0.15) is 37.1 Å². The second-order valence-corrected chi connectivity index (χ2v) is 5.34. The first-order valence-electron chi connectivity index (χ1n) is 7.60. The molecule has 5 nitrogen and oxygen atoms in total. The lowest BCUT2D eigenvalue weighted by Crippen LogP contribution is -2.28. The molecule has 23 heavy (non-hydrogen) atoms. The molecule has 0 aliphatic heterocycles. The first-order chi connectivity index (χ1) is 11.2. The van der Waals surface area contributed by atoms with Crippen LogP contribution in [0.5, 0.6) is 5.75 Å². The fourth-order valence-corrected chi connectivity index (χ4v) is 2.60. The Labute approximate surface area is 134 Å². The summed E-state index contributed by atoms with van der Waals surface area (Å²) in [5, 5.41) is 14.4. The molecular weight excluding hydrogens is 292 g/mol. The van der Waals surface area contributed by atoms with Crippen molar-refractivity contribution >= 4 is 16.8 Å². The summed E-state index contributed by atoms with van der Waals surface area (Å²) in [4.78, 5) is 16.3. The van der Waals surface area contributed by atoms with Gasteiger partial charge in [-0.05, 0) is 24.6 Å². The Morgan fingerprint density at radius 1 is 1.30 bits per heavy atom. The Balaban J connectivity index is 2.06. The van der Waals surface area contributed by atoms with Gasteiger partial charge in [0.15, 0.2) is 0 Å². The van der Waals surface area contributed by atoms with Crippen molar-refractivity contribution < 1.29 is 14.3 Å². The first-order valence-corrected chi connectivity index (χ1v) is 7.60. The van der Waals surface area contributed by atoms with Crippen LogP contribution < -0.4 is 5.32 Å². The molecule has 0 aliphatic carbocycles. The Hall–Kier alpha value is -2.82. The average molecular weight is 310 g/mol. The fraction of sp³-hybridized carbons (Fsp3) is 0.222. The average Bonchev–Trinajstić information content (AvgIpc) is 3.08. The number of aromatic nitrogens is 1. The molecule has 1 atom stereocenters. The molecule has 0 saturated carbocycles. The molecule has 1 amide bonds. The van der Waals surface area contributed by atoms with Gasteiger partial charge in [-0.1, -0.05) is 25.1 Å². The third kappa shape index (κ3) is 3.04. The summed E-state index contributed by atoms with van der Waals surface area (Å²) < 4.78 is 5.45. The lowest BCUT2D eigenvalue weighted by atomic mass is 10.0. The van der Waals surface area contributed by atoms with Crippen molar-refractivity contribution in [3.05, 3.63) is 60.2 Å². The number of hydrogen-bond acceptors (Lipinski definition) is 4. The number of aromatic hydroxyl groups is 1. The standard InChI is InChI=1S/C18H18N2O3/c1-2-5-15(21)20-17(14-7-4-11-23-14)13-9-8-12-6-3-10-19-16(12)18(13)22/h3-4,6-11,17,22H,2,5H2,1H3,(H,20,21)/t17-/m0/s1. The van der Waals surface area contributed by atoms with Crippen molar-refractivity contribution in [3.8, 4) is 5.75 Å². The van der Waals surface area contributed by atoms with Gasteiger partial charge in [0.1, 0.15) is 23.1 Å². The summed E-state index contributed by atoms with van der Waals surface area (Å²) in [6, 6.07) is 10.3. The molecule has 0 fully saturated rings. The summed E-state index contributed by atoms with van der Waals surface area (Å²) in [7, 11) is 0. The van der Waals surface area contributed by atoms with Gasteiger partial charge >= 0.3 is 0 Å². The molecule has 2 N–H and O–H groups in total. The predicted molar refractivity (Wildman–Crippen MR) is 87.0 cm³/mol. The van der Waals surface area contributed by atoms with Gasteiger partial charge in [-0.2, -0.15) is 0 Å². The number of fused-ring (bicyclic) bond motifs is 1. The van der Waals surface area contributed by atoms with E-state index in [9.17, 15) is 9.90 Å². The number of nitrogens with zero attached hydrogens (tertiary/aromatic N) is 1. The van der Waals surface area contributed by atoms with Crippen molar-refractivity contribution in [2.24, 2.45) is 0 Å². The molecule has 2 aromatic heterocycles. The molecule has 0 spiro atoms.